The van der Waals surface area contributed by atoms with E-state index in [4.69, 9.17) is 11.6 Å². The van der Waals surface area contributed by atoms with Crippen LogP contribution in [0.2, 0.25) is 5.02 Å². The summed E-state index contributed by atoms with van der Waals surface area (Å²) in [4.78, 5) is 28.5. The van der Waals surface area contributed by atoms with Gasteiger partial charge in [-0.2, -0.15) is 5.10 Å². The molecule has 162 valence electrons. The summed E-state index contributed by atoms with van der Waals surface area (Å²) in [6, 6.07) is 8.95. The van der Waals surface area contributed by atoms with Crippen LogP contribution in [-0.2, 0) is 16.8 Å². The monoisotopic (exact) mass is 430 g/mol. The van der Waals surface area contributed by atoms with Crippen LogP contribution in [0.15, 0.2) is 30.3 Å². The quantitative estimate of drug-likeness (QED) is 0.763. The third-order valence-electron chi connectivity index (χ3n) is 5.51. The van der Waals surface area contributed by atoms with Crippen LogP contribution in [0.3, 0.4) is 0 Å². The lowest BCUT2D eigenvalue weighted by atomic mass is 9.91. The molecule has 1 aliphatic rings. The van der Waals surface area contributed by atoms with Gasteiger partial charge in [-0.3, -0.25) is 19.2 Å². The first kappa shape index (κ1) is 22.3. The number of rotatable bonds is 5. The molecule has 0 saturated carbocycles. The van der Waals surface area contributed by atoms with Gasteiger partial charge in [-0.25, -0.2) is 0 Å². The zero-order valence-electron chi connectivity index (χ0n) is 18.6. The van der Waals surface area contributed by atoms with E-state index in [1.165, 1.54) is 4.90 Å². The molecule has 0 spiro atoms. The van der Waals surface area contributed by atoms with E-state index in [2.05, 4.69) is 45.0 Å². The fourth-order valence-electron chi connectivity index (χ4n) is 3.62. The Bertz CT molecular complexity index is 960. The second kappa shape index (κ2) is 8.06. The molecule has 0 unspecified atom stereocenters. The summed E-state index contributed by atoms with van der Waals surface area (Å²) in [7, 11) is 0. The van der Waals surface area contributed by atoms with Crippen LogP contribution in [0.4, 0.5) is 5.69 Å². The normalized spacial score (nSPS) is 19.2. The van der Waals surface area contributed by atoms with Gasteiger partial charge in [0, 0.05) is 12.0 Å². The summed E-state index contributed by atoms with van der Waals surface area (Å²) < 4.78 is 1.66. The lowest BCUT2D eigenvalue weighted by Crippen LogP contribution is -2.64. The average molecular weight is 431 g/mol. The van der Waals surface area contributed by atoms with Crippen molar-refractivity contribution in [3.8, 4) is 0 Å². The maximum absolute atomic E-state index is 13.6. The Morgan fingerprint density at radius 1 is 1.30 bits per heavy atom. The van der Waals surface area contributed by atoms with Crippen molar-refractivity contribution in [3.63, 3.8) is 0 Å². The molecule has 2 amide bonds. The molecular formula is C23H31ClN4O2. The minimum Gasteiger partial charge on any atom is -0.354 e. The van der Waals surface area contributed by atoms with Gasteiger partial charge in [0.25, 0.3) is 5.91 Å². The van der Waals surface area contributed by atoms with Crippen LogP contribution >= 0.6 is 11.6 Å². The second-order valence-electron chi connectivity index (χ2n) is 9.63. The highest BCUT2D eigenvalue weighted by molar-refractivity contribution is 6.34. The number of carbonyl (C=O) groups is 2. The molecule has 2 heterocycles. The summed E-state index contributed by atoms with van der Waals surface area (Å²) in [5.74, 6) is -0.0217. The fraction of sp³-hybridized carbons (Fsp3) is 0.522. The van der Waals surface area contributed by atoms with Crippen molar-refractivity contribution in [2.45, 2.75) is 65.5 Å². The molecular weight excluding hydrogens is 400 g/mol. The molecule has 0 aliphatic carbocycles. The first-order chi connectivity index (χ1) is 13.9. The molecule has 1 aromatic heterocycles. The molecule has 1 N–H and O–H groups in total. The second-order valence-corrected chi connectivity index (χ2v) is 10.0. The summed E-state index contributed by atoms with van der Waals surface area (Å²) in [5, 5.41) is 8.11. The Labute approximate surface area is 183 Å². The van der Waals surface area contributed by atoms with Gasteiger partial charge < -0.3 is 5.32 Å². The molecule has 2 aromatic rings. The van der Waals surface area contributed by atoms with Gasteiger partial charge in [0.2, 0.25) is 5.91 Å². The van der Waals surface area contributed by atoms with E-state index in [1.54, 1.807) is 23.7 Å². The van der Waals surface area contributed by atoms with Gasteiger partial charge in [0.05, 0.1) is 22.9 Å². The molecule has 1 atom stereocenters. The molecule has 1 aromatic carbocycles. The lowest BCUT2D eigenvalue weighted by molar-refractivity contribution is -0.126. The number of fused-ring (bicyclic) bond motifs is 1. The first-order valence-electron chi connectivity index (χ1n) is 10.4. The molecule has 30 heavy (non-hydrogen) atoms. The van der Waals surface area contributed by atoms with E-state index in [1.807, 2.05) is 18.2 Å². The number of carbonyl (C=O) groups excluding carboxylic acids is 2. The van der Waals surface area contributed by atoms with Crippen LogP contribution in [0.5, 0.6) is 0 Å². The minimum atomic E-state index is -1.16. The molecule has 0 saturated heterocycles. The van der Waals surface area contributed by atoms with Gasteiger partial charge in [-0.1, -0.05) is 58.4 Å². The van der Waals surface area contributed by atoms with Crippen molar-refractivity contribution < 1.29 is 9.59 Å². The number of hydrogen-bond acceptors (Lipinski definition) is 3. The van der Waals surface area contributed by atoms with Gasteiger partial charge in [-0.15, -0.1) is 0 Å². The van der Waals surface area contributed by atoms with Gasteiger partial charge in [-0.05, 0) is 37.5 Å². The van der Waals surface area contributed by atoms with Crippen molar-refractivity contribution in [1.29, 1.82) is 0 Å². The SMILES string of the molecule is CC(C)CCNC(=O)[C@@]1(C)Cn2nc(C(C)(C)C)cc2C(=O)N1c1ccccc1Cl. The highest BCUT2D eigenvalue weighted by Crippen LogP contribution is 2.37. The zero-order valence-corrected chi connectivity index (χ0v) is 19.4. The fourth-order valence-corrected chi connectivity index (χ4v) is 3.84. The number of amides is 2. The summed E-state index contributed by atoms with van der Waals surface area (Å²) in [6.45, 7) is 13.0. The largest absolute Gasteiger partial charge is 0.354 e. The van der Waals surface area contributed by atoms with Crippen molar-refractivity contribution in [2.24, 2.45) is 5.92 Å². The maximum Gasteiger partial charge on any atom is 0.277 e. The topological polar surface area (TPSA) is 67.2 Å². The highest BCUT2D eigenvalue weighted by Gasteiger charge is 2.49. The molecule has 0 fully saturated rings. The third kappa shape index (κ3) is 4.10. The number of hydrogen-bond donors (Lipinski definition) is 1. The molecule has 3 rings (SSSR count). The summed E-state index contributed by atoms with van der Waals surface area (Å²) >= 11 is 6.46. The maximum atomic E-state index is 13.6. The predicted molar refractivity (Wildman–Crippen MR) is 120 cm³/mol. The third-order valence-corrected chi connectivity index (χ3v) is 5.83. The van der Waals surface area contributed by atoms with Crippen molar-refractivity contribution in [1.82, 2.24) is 15.1 Å². The van der Waals surface area contributed by atoms with Crippen LogP contribution < -0.4 is 10.2 Å². The molecule has 7 heteroatoms. The van der Waals surface area contributed by atoms with Crippen molar-refractivity contribution in [2.75, 3.05) is 11.4 Å². The van der Waals surface area contributed by atoms with E-state index < -0.39 is 5.54 Å². The number of halogens is 1. The van der Waals surface area contributed by atoms with Gasteiger partial charge >= 0.3 is 0 Å². The van der Waals surface area contributed by atoms with E-state index in [0.717, 1.165) is 12.1 Å². The zero-order chi connectivity index (χ0) is 22.3. The molecule has 0 bridgehead atoms. The average Bonchev–Trinajstić information content (AvgIpc) is 3.07. The number of nitrogens with zero attached hydrogens (tertiary/aromatic N) is 3. The number of aromatic nitrogens is 2. The number of para-hydroxylation sites is 1. The number of nitrogens with one attached hydrogen (secondary N) is 1. The lowest BCUT2D eigenvalue weighted by Gasteiger charge is -2.43. The first-order valence-corrected chi connectivity index (χ1v) is 10.8. The van der Waals surface area contributed by atoms with Crippen molar-refractivity contribution >= 4 is 29.1 Å². The Morgan fingerprint density at radius 3 is 2.57 bits per heavy atom. The molecule has 0 radical (unpaired) electrons. The highest BCUT2D eigenvalue weighted by atomic mass is 35.5. The minimum absolute atomic E-state index is 0.213. The van der Waals surface area contributed by atoms with Crippen LogP contribution in [-0.4, -0.2) is 33.7 Å². The van der Waals surface area contributed by atoms with Crippen LogP contribution in [0.25, 0.3) is 0 Å². The van der Waals surface area contributed by atoms with Gasteiger partial charge in [0.15, 0.2) is 0 Å². The van der Waals surface area contributed by atoms with E-state index >= 15 is 0 Å². The number of anilines is 1. The van der Waals surface area contributed by atoms with E-state index in [-0.39, 0.29) is 23.8 Å². The summed E-state index contributed by atoms with van der Waals surface area (Å²) in [6.07, 6.45) is 0.864. The van der Waals surface area contributed by atoms with E-state index in [0.29, 0.717) is 28.9 Å². The Balaban J connectivity index is 2.08. The Kier molecular flexibility index (Phi) is 6.01. The van der Waals surface area contributed by atoms with Crippen molar-refractivity contribution in [3.05, 3.63) is 46.7 Å². The number of benzene rings is 1. The summed E-state index contributed by atoms with van der Waals surface area (Å²) in [5.41, 5.74) is 0.431. The standard InChI is InChI=1S/C23H31ClN4O2/c1-15(2)11-12-25-21(30)23(6)14-27-18(13-19(26-27)22(3,4)5)20(29)28(23)17-10-8-7-9-16(17)24/h7-10,13,15H,11-12,14H2,1-6H3,(H,25,30)/t23-/m1/s1. The Hall–Kier alpha value is -2.34. The smallest absolute Gasteiger partial charge is 0.277 e. The molecule has 1 aliphatic heterocycles. The van der Waals surface area contributed by atoms with Gasteiger partial charge in [0.1, 0.15) is 11.2 Å². The van der Waals surface area contributed by atoms with Crippen LogP contribution in [0.1, 0.15) is 64.1 Å². The molecule has 6 nitrogen and oxygen atoms in total. The van der Waals surface area contributed by atoms with Crippen LogP contribution in [0, 0.1) is 5.92 Å². The van der Waals surface area contributed by atoms with E-state index in [9.17, 15) is 9.59 Å². The predicted octanol–water partition coefficient (Wildman–Crippen LogP) is 4.42. The Morgan fingerprint density at radius 2 is 1.97 bits per heavy atom.